The highest BCUT2D eigenvalue weighted by molar-refractivity contribution is 7.25. The summed E-state index contributed by atoms with van der Waals surface area (Å²) in [5.41, 5.74) is 10.4. The molecule has 0 saturated carbocycles. The monoisotopic (exact) mass is 681 g/mol. The van der Waals surface area contributed by atoms with Gasteiger partial charge in [-0.1, -0.05) is 158 Å². The van der Waals surface area contributed by atoms with Crippen LogP contribution in [0.1, 0.15) is 46.4 Å². The lowest BCUT2D eigenvalue weighted by Crippen LogP contribution is -2.34. The predicted molar refractivity (Wildman–Crippen MR) is 213 cm³/mol. The summed E-state index contributed by atoms with van der Waals surface area (Å²) in [4.78, 5) is 17.0. The minimum Gasteiger partial charge on any atom is -0.215 e. The third-order valence-corrected chi connectivity index (χ3v) is 12.6. The third-order valence-electron chi connectivity index (χ3n) is 11.4. The number of rotatable bonds is 4. The van der Waals surface area contributed by atoms with E-state index in [0.717, 1.165) is 22.8 Å². The Labute approximate surface area is 306 Å². The molecule has 0 fully saturated rings. The van der Waals surface area contributed by atoms with Gasteiger partial charge >= 0.3 is 0 Å². The van der Waals surface area contributed by atoms with E-state index in [1.807, 2.05) is 11.3 Å². The maximum absolute atomic E-state index is 5.75. The molecule has 244 valence electrons. The van der Waals surface area contributed by atoms with Crippen LogP contribution >= 0.6 is 11.3 Å². The van der Waals surface area contributed by atoms with Crippen LogP contribution in [0.15, 0.2) is 170 Å². The Kier molecular flexibility index (Phi) is 6.17. The Balaban J connectivity index is 1.31. The van der Waals surface area contributed by atoms with Crippen LogP contribution in [0.5, 0.6) is 0 Å². The highest BCUT2D eigenvalue weighted by Gasteiger charge is 2.50. The van der Waals surface area contributed by atoms with Crippen LogP contribution in [-0.2, 0) is 10.8 Å². The normalized spacial score (nSPS) is 14.6. The fourth-order valence-electron chi connectivity index (χ4n) is 9.15. The first kappa shape index (κ1) is 29.5. The Morgan fingerprint density at radius 1 is 0.404 bits per heavy atom. The van der Waals surface area contributed by atoms with Crippen molar-refractivity contribution in [2.45, 2.75) is 17.8 Å². The van der Waals surface area contributed by atoms with E-state index >= 15 is 0 Å². The molecule has 0 N–H and O–H groups in total. The maximum Gasteiger partial charge on any atom is 0.164 e. The van der Waals surface area contributed by atoms with Gasteiger partial charge in [-0.2, -0.15) is 0 Å². The van der Waals surface area contributed by atoms with E-state index in [1.54, 1.807) is 0 Å². The topological polar surface area (TPSA) is 38.7 Å². The van der Waals surface area contributed by atoms with Gasteiger partial charge in [0.15, 0.2) is 11.6 Å². The first-order valence-electron chi connectivity index (χ1n) is 17.8. The molecule has 2 aromatic heterocycles. The average molecular weight is 682 g/mol. The Morgan fingerprint density at radius 3 is 1.54 bits per heavy atom. The lowest BCUT2D eigenvalue weighted by atomic mass is 9.71. The molecule has 4 heteroatoms. The average Bonchev–Trinajstić information content (AvgIpc) is 3.84. The zero-order valence-corrected chi connectivity index (χ0v) is 29.2. The summed E-state index contributed by atoms with van der Waals surface area (Å²) in [6.07, 6.45) is 0. The van der Waals surface area contributed by atoms with Gasteiger partial charge in [-0.15, -0.1) is 11.3 Å². The van der Waals surface area contributed by atoms with E-state index in [0.29, 0.717) is 5.82 Å². The predicted octanol–water partition coefficient (Wildman–Crippen LogP) is 11.6. The van der Waals surface area contributed by atoms with Gasteiger partial charge in [0.1, 0.15) is 11.2 Å². The molecule has 0 saturated heterocycles. The fraction of sp³-hybridized carbons (Fsp3) is 0.0625. The first-order chi connectivity index (χ1) is 25.7. The molecule has 11 rings (SSSR count). The van der Waals surface area contributed by atoms with Crippen LogP contribution in [0.2, 0.25) is 0 Å². The van der Waals surface area contributed by atoms with Crippen LogP contribution in [0, 0.1) is 0 Å². The van der Waals surface area contributed by atoms with E-state index in [2.05, 4.69) is 177 Å². The highest BCUT2D eigenvalue weighted by atomic mass is 32.1. The Bertz CT molecular complexity index is 2800. The summed E-state index contributed by atoms with van der Waals surface area (Å²) in [7, 11) is 0. The van der Waals surface area contributed by atoms with Gasteiger partial charge in [-0.25, -0.2) is 15.0 Å². The Hall–Kier alpha value is -6.23. The second kappa shape index (κ2) is 10.9. The molecule has 3 nitrogen and oxygen atoms in total. The van der Waals surface area contributed by atoms with Gasteiger partial charge in [-0.3, -0.25) is 0 Å². The second-order valence-electron chi connectivity index (χ2n) is 14.0. The van der Waals surface area contributed by atoms with Gasteiger partial charge in [0, 0.05) is 25.7 Å². The molecule has 2 heterocycles. The molecule has 9 aromatic rings. The van der Waals surface area contributed by atoms with Crippen LogP contribution in [0.25, 0.3) is 53.8 Å². The quantitative estimate of drug-likeness (QED) is 0.186. The Morgan fingerprint density at radius 2 is 0.885 bits per heavy atom. The molecule has 0 amide bonds. The minimum absolute atomic E-state index is 0.625. The van der Waals surface area contributed by atoms with Crippen LogP contribution in [0.3, 0.4) is 0 Å². The summed E-state index contributed by atoms with van der Waals surface area (Å²) in [5.74, 6) is 2.17. The third kappa shape index (κ3) is 3.82. The van der Waals surface area contributed by atoms with Crippen LogP contribution in [0.4, 0.5) is 0 Å². The van der Waals surface area contributed by atoms with Crippen molar-refractivity contribution in [3.63, 3.8) is 0 Å². The molecular formula is C48H31N3S. The number of hydrogen-bond acceptors (Lipinski definition) is 4. The van der Waals surface area contributed by atoms with Crippen molar-refractivity contribution < 1.29 is 0 Å². The van der Waals surface area contributed by atoms with Gasteiger partial charge in [0.2, 0.25) is 0 Å². The molecular weight excluding hydrogens is 651 g/mol. The van der Waals surface area contributed by atoms with Crippen LogP contribution in [-0.4, -0.2) is 15.0 Å². The van der Waals surface area contributed by atoms with Crippen molar-refractivity contribution >= 4 is 31.5 Å². The van der Waals surface area contributed by atoms with Gasteiger partial charge in [0.05, 0.1) is 5.41 Å². The summed E-state index contributed by atoms with van der Waals surface area (Å²) in [6, 6.07) is 61.1. The molecule has 0 atom stereocenters. The molecule has 7 aromatic carbocycles. The van der Waals surface area contributed by atoms with E-state index in [9.17, 15) is 0 Å². The largest absolute Gasteiger partial charge is 0.215 e. The molecule has 2 aliphatic carbocycles. The minimum atomic E-state index is -0.778. The van der Waals surface area contributed by atoms with Crippen molar-refractivity contribution in [3.05, 3.63) is 209 Å². The van der Waals surface area contributed by atoms with Crippen molar-refractivity contribution in [3.8, 4) is 33.6 Å². The number of nitrogens with zero attached hydrogens (tertiary/aromatic N) is 3. The summed E-state index contributed by atoms with van der Waals surface area (Å²) < 4.78 is 2.48. The first-order valence-corrected chi connectivity index (χ1v) is 18.6. The maximum atomic E-state index is 5.75. The van der Waals surface area contributed by atoms with Gasteiger partial charge < -0.3 is 0 Å². The lowest BCUT2D eigenvalue weighted by Gasteiger charge is -2.33. The van der Waals surface area contributed by atoms with E-state index in [4.69, 9.17) is 15.0 Å². The molecule has 0 bridgehead atoms. The molecule has 0 radical (unpaired) electrons. The molecule has 2 aliphatic rings. The number of thiophene rings is 1. The van der Waals surface area contributed by atoms with E-state index in [-0.39, 0.29) is 0 Å². The number of hydrogen-bond donors (Lipinski definition) is 0. The van der Waals surface area contributed by atoms with E-state index in [1.165, 1.54) is 64.7 Å². The SMILES string of the molecule is CC1(c2nc(-c3cccc4sc5ccccc5c34)nc(C3(c4ccccc4)c4ccccc4-c4ccccc43)n2)c2ccccc2-c2ccccc21. The van der Waals surface area contributed by atoms with Gasteiger partial charge in [0.25, 0.3) is 0 Å². The molecule has 0 spiro atoms. The van der Waals surface area contributed by atoms with Crippen molar-refractivity contribution in [2.24, 2.45) is 0 Å². The summed E-state index contributed by atoms with van der Waals surface area (Å²) in [6.45, 7) is 2.30. The van der Waals surface area contributed by atoms with E-state index < -0.39 is 10.8 Å². The highest BCUT2D eigenvalue weighted by Crippen LogP contribution is 2.57. The lowest BCUT2D eigenvalue weighted by molar-refractivity contribution is 0.607. The zero-order valence-electron chi connectivity index (χ0n) is 28.4. The fourth-order valence-corrected chi connectivity index (χ4v) is 10.3. The standard InChI is InChI=1S/C48H31N3S/c1-47(37-24-10-5-18-31(37)32-19-6-11-25-38(32)47)45-49-44(36-23-15-29-42-43(36)35-22-9-14-28-41(35)52-42)50-46(51-45)48(30-16-3-2-4-17-30)39-26-12-7-20-33(39)34-21-8-13-27-40(34)48/h2-29H,1H3. The number of benzene rings is 7. The van der Waals surface area contributed by atoms with Crippen LogP contribution < -0.4 is 0 Å². The number of aromatic nitrogens is 3. The second-order valence-corrected chi connectivity index (χ2v) is 15.1. The molecule has 0 unspecified atom stereocenters. The van der Waals surface area contributed by atoms with Gasteiger partial charge in [-0.05, 0) is 69.1 Å². The summed E-state index contributed by atoms with van der Waals surface area (Å²) in [5, 5.41) is 2.41. The smallest absolute Gasteiger partial charge is 0.164 e. The van der Waals surface area contributed by atoms with Crippen molar-refractivity contribution in [1.29, 1.82) is 0 Å². The van der Waals surface area contributed by atoms with Crippen molar-refractivity contribution in [2.75, 3.05) is 0 Å². The molecule has 52 heavy (non-hydrogen) atoms. The van der Waals surface area contributed by atoms with Crippen molar-refractivity contribution in [1.82, 2.24) is 15.0 Å². The molecule has 0 aliphatic heterocycles. The number of fused-ring (bicyclic) bond motifs is 9. The summed E-state index contributed by atoms with van der Waals surface area (Å²) >= 11 is 1.82. The zero-order chi connectivity index (χ0) is 34.4.